The molecule has 9 nitrogen and oxygen atoms in total. The molecule has 9 heteroatoms. The Morgan fingerprint density at radius 2 is 0.514 bits per heavy atom. The number of unbranched alkanes of at least 4 members (excludes halogenated alkanes) is 36. The fourth-order valence-corrected chi connectivity index (χ4v) is 12.0. The van der Waals surface area contributed by atoms with Gasteiger partial charge in [-0.05, 0) is 128 Å². The lowest BCUT2D eigenvalue weighted by Gasteiger charge is -2.26. The van der Waals surface area contributed by atoms with Crippen LogP contribution in [0.5, 0.6) is 0 Å². The number of hydrogen-bond donors (Lipinski definition) is 0. The summed E-state index contributed by atoms with van der Waals surface area (Å²) in [6.45, 7) is 4.53. The van der Waals surface area contributed by atoms with Gasteiger partial charge in [0.05, 0.1) is 40.3 Å². The molecule has 0 amide bonds. The summed E-state index contributed by atoms with van der Waals surface area (Å²) in [5, 5.41) is 11.9. The van der Waals surface area contributed by atoms with Crippen molar-refractivity contribution >= 4 is 17.9 Å². The van der Waals surface area contributed by atoms with E-state index in [9.17, 15) is 19.5 Å². The minimum Gasteiger partial charge on any atom is -0.545 e. The van der Waals surface area contributed by atoms with Gasteiger partial charge >= 0.3 is 11.9 Å². The molecule has 0 aromatic rings. The van der Waals surface area contributed by atoms with E-state index in [1.807, 2.05) is 21.1 Å². The largest absolute Gasteiger partial charge is 0.545 e. The molecule has 0 aromatic heterocycles. The van der Waals surface area contributed by atoms with Crippen molar-refractivity contribution in [1.82, 2.24) is 0 Å². The molecule has 0 rings (SSSR count). The standard InChI is InChI=1S/C96H161NO8/c1-6-8-10-12-14-16-18-20-22-24-26-28-30-32-34-36-38-40-42-44-46-47-49-50-52-54-56-58-60-62-64-66-68-70-72-74-76-78-80-82-84-86-93(98)103-90-92(91-104-96(95(100)101)102-89-88-97(3,4)5)105-94(99)87-85-83-81-79-77-75-73-71-69-67-65-63-61-59-57-55-53-51-48-45-43-41-39-37-35-33-31-29-27-25-23-21-19-17-15-13-11-9-7-2/h8-11,14-17,20-23,26-29,33,35,39,41,45,48,53,55,59,61,65,67,92,96H,6-7,12-13,18-19,24-25,30-32,34,36-38,40,42-44,46-47,49-52,54,56-58,60,62-64,66,68-91H2,1-5H3/b10-8-,11-9-,16-14-,17-15-,22-20-,23-21-,28-26-,29-27-,35-33-,41-39-,48-45-,55-53-,61-59-,67-65-. The predicted octanol–water partition coefficient (Wildman–Crippen LogP) is 27.1. The van der Waals surface area contributed by atoms with Crippen LogP contribution in [0.25, 0.3) is 0 Å². The molecule has 0 aliphatic heterocycles. The summed E-state index contributed by atoms with van der Waals surface area (Å²) in [5.74, 6) is -2.29. The molecular formula is C96H161NO8. The predicted molar refractivity (Wildman–Crippen MR) is 453 cm³/mol. The first-order chi connectivity index (χ1) is 51.6. The van der Waals surface area contributed by atoms with Gasteiger partial charge in [0.2, 0.25) is 0 Å². The van der Waals surface area contributed by atoms with Gasteiger partial charge in [0.25, 0.3) is 0 Å². The Kier molecular flexibility index (Phi) is 80.0. The van der Waals surface area contributed by atoms with Gasteiger partial charge in [-0.1, -0.05) is 389 Å². The zero-order valence-corrected chi connectivity index (χ0v) is 68.5. The van der Waals surface area contributed by atoms with E-state index in [1.54, 1.807) is 0 Å². The third-order valence-electron chi connectivity index (χ3n) is 18.5. The summed E-state index contributed by atoms with van der Waals surface area (Å²) in [6, 6.07) is 0. The minimum atomic E-state index is -1.63. The van der Waals surface area contributed by atoms with Gasteiger partial charge in [0, 0.05) is 12.8 Å². The monoisotopic (exact) mass is 1460 g/mol. The molecule has 0 aliphatic rings. The summed E-state index contributed by atoms with van der Waals surface area (Å²) in [4.78, 5) is 37.7. The van der Waals surface area contributed by atoms with Crippen molar-refractivity contribution in [2.45, 2.75) is 373 Å². The minimum absolute atomic E-state index is 0.140. The van der Waals surface area contributed by atoms with Crippen LogP contribution in [0.1, 0.15) is 361 Å². The Labute approximate surface area is 647 Å². The Bertz CT molecular complexity index is 2350. The Hall–Kier alpha value is -5.35. The van der Waals surface area contributed by atoms with Crippen molar-refractivity contribution in [1.29, 1.82) is 0 Å². The van der Waals surface area contributed by atoms with Crippen molar-refractivity contribution in [3.8, 4) is 0 Å². The Morgan fingerprint density at radius 1 is 0.286 bits per heavy atom. The lowest BCUT2D eigenvalue weighted by atomic mass is 10.0. The van der Waals surface area contributed by atoms with Gasteiger partial charge in [0.1, 0.15) is 13.2 Å². The molecule has 0 fully saturated rings. The first kappa shape index (κ1) is 99.7. The quantitative estimate of drug-likeness (QED) is 0.0195. The highest BCUT2D eigenvalue weighted by molar-refractivity contribution is 5.70. The van der Waals surface area contributed by atoms with Crippen molar-refractivity contribution in [3.05, 3.63) is 170 Å². The fourth-order valence-electron chi connectivity index (χ4n) is 12.0. The van der Waals surface area contributed by atoms with Crippen LogP contribution in [-0.4, -0.2) is 82.3 Å². The smallest absolute Gasteiger partial charge is 0.306 e. The van der Waals surface area contributed by atoms with E-state index in [1.165, 1.54) is 193 Å². The topological polar surface area (TPSA) is 111 Å². The third-order valence-corrected chi connectivity index (χ3v) is 18.5. The van der Waals surface area contributed by atoms with Crippen LogP contribution < -0.4 is 5.11 Å². The van der Waals surface area contributed by atoms with Gasteiger partial charge in [-0.3, -0.25) is 9.59 Å². The second-order valence-corrected chi connectivity index (χ2v) is 29.7. The first-order valence-corrected chi connectivity index (χ1v) is 43.3. The number of carboxylic acid groups (broad SMARTS) is 1. The number of aliphatic carboxylic acids is 1. The molecule has 0 heterocycles. The molecule has 0 saturated heterocycles. The number of quaternary nitrogens is 1. The van der Waals surface area contributed by atoms with Crippen molar-refractivity contribution in [2.75, 3.05) is 47.5 Å². The zero-order chi connectivity index (χ0) is 76.0. The van der Waals surface area contributed by atoms with Crippen LogP contribution in [0, 0.1) is 0 Å². The summed E-state index contributed by atoms with van der Waals surface area (Å²) >= 11 is 0. The molecular weight excluding hydrogens is 1300 g/mol. The van der Waals surface area contributed by atoms with Crippen LogP contribution in [0.15, 0.2) is 170 Å². The number of likely N-dealkylation sites (N-methyl/N-ethyl adjacent to an activating group) is 1. The lowest BCUT2D eigenvalue weighted by molar-refractivity contribution is -0.870. The number of nitrogens with zero attached hydrogens (tertiary/aromatic N) is 1. The van der Waals surface area contributed by atoms with E-state index in [0.29, 0.717) is 17.4 Å². The number of carbonyl (C=O) groups excluding carboxylic acids is 3. The molecule has 105 heavy (non-hydrogen) atoms. The summed E-state index contributed by atoms with van der Waals surface area (Å²) in [7, 11) is 5.93. The average Bonchev–Trinajstić information content (AvgIpc) is 1.97. The van der Waals surface area contributed by atoms with Gasteiger partial charge in [0.15, 0.2) is 12.4 Å². The number of allylic oxidation sites excluding steroid dienone is 28. The van der Waals surface area contributed by atoms with Crippen LogP contribution in [0.2, 0.25) is 0 Å². The average molecular weight is 1460 g/mol. The number of hydrogen-bond acceptors (Lipinski definition) is 8. The summed E-state index contributed by atoms with van der Waals surface area (Å²) in [5.41, 5.74) is 0. The third kappa shape index (κ3) is 85.8. The Morgan fingerprint density at radius 3 is 0.762 bits per heavy atom. The fraction of sp³-hybridized carbons (Fsp3) is 0.677. The molecule has 598 valence electrons. The van der Waals surface area contributed by atoms with Crippen molar-refractivity contribution in [2.24, 2.45) is 0 Å². The molecule has 2 unspecified atom stereocenters. The zero-order valence-electron chi connectivity index (χ0n) is 68.5. The maximum Gasteiger partial charge on any atom is 0.306 e. The first-order valence-electron chi connectivity index (χ1n) is 43.3. The van der Waals surface area contributed by atoms with Gasteiger partial charge in [-0.15, -0.1) is 0 Å². The number of rotatable bonds is 79. The molecule has 0 radical (unpaired) electrons. The highest BCUT2D eigenvalue weighted by Crippen LogP contribution is 2.19. The van der Waals surface area contributed by atoms with E-state index >= 15 is 0 Å². The molecule has 0 bridgehead atoms. The lowest BCUT2D eigenvalue weighted by Crippen LogP contribution is -2.44. The van der Waals surface area contributed by atoms with Crippen molar-refractivity contribution in [3.63, 3.8) is 0 Å². The van der Waals surface area contributed by atoms with Gasteiger partial charge in [-0.25, -0.2) is 0 Å². The van der Waals surface area contributed by atoms with Gasteiger partial charge < -0.3 is 33.3 Å². The maximum absolute atomic E-state index is 13.0. The summed E-state index contributed by atoms with van der Waals surface area (Å²) < 4.78 is 22.9. The maximum atomic E-state index is 13.0. The number of carbonyl (C=O) groups is 3. The van der Waals surface area contributed by atoms with E-state index < -0.39 is 24.3 Å². The molecule has 0 spiro atoms. The van der Waals surface area contributed by atoms with Crippen molar-refractivity contribution < 1.29 is 42.9 Å². The second kappa shape index (κ2) is 84.3. The molecule has 2 atom stereocenters. The van der Waals surface area contributed by atoms with E-state index in [4.69, 9.17) is 18.9 Å². The molecule has 0 saturated carbocycles. The molecule has 0 aliphatic carbocycles. The highest BCUT2D eigenvalue weighted by Gasteiger charge is 2.22. The number of carboxylic acids is 1. The SMILES string of the molecule is CC/C=C\C/C=C\C/C=C\C/C=C\C/C=C\C/C=C\C/C=C\C/C=C\C/C=C\C/C=C\CCCCCCCCCCC(=O)OC(COC(=O)CCCCCCCCCCCCCCCCCCCCCCCCCCCCCC/C=C\C/C=C\C/C=C\C/C=C\CC)COC(OCC[N+](C)(C)C)C(=O)[O-]. The van der Waals surface area contributed by atoms with Gasteiger partial charge in [-0.2, -0.15) is 0 Å². The Balaban J connectivity index is 4.02. The number of esters is 2. The van der Waals surface area contributed by atoms with E-state index in [2.05, 4.69) is 184 Å². The second-order valence-electron chi connectivity index (χ2n) is 29.7. The van der Waals surface area contributed by atoms with Crippen LogP contribution in [0.3, 0.4) is 0 Å². The molecule has 0 N–H and O–H groups in total. The van der Waals surface area contributed by atoms with E-state index in [0.717, 1.165) is 135 Å². The normalized spacial score (nSPS) is 13.5. The molecule has 0 aromatic carbocycles. The van der Waals surface area contributed by atoms with E-state index in [-0.39, 0.29) is 38.6 Å². The number of ether oxygens (including phenoxy) is 4. The van der Waals surface area contributed by atoms with Crippen LogP contribution in [-0.2, 0) is 33.3 Å². The summed E-state index contributed by atoms with van der Waals surface area (Å²) in [6.07, 6.45) is 124. The highest BCUT2D eigenvalue weighted by atomic mass is 16.7. The van der Waals surface area contributed by atoms with Crippen LogP contribution in [0.4, 0.5) is 0 Å². The van der Waals surface area contributed by atoms with Crippen LogP contribution >= 0.6 is 0 Å².